The van der Waals surface area contributed by atoms with E-state index >= 15 is 0 Å². The molecule has 2 rings (SSSR count). The number of carbonyl (C=O) groups excluding carboxylic acids is 2. The maximum Gasteiger partial charge on any atom is 0.155 e. The van der Waals surface area contributed by atoms with Crippen LogP contribution in [0.15, 0.2) is 12.2 Å². The maximum atomic E-state index is 11.5. The summed E-state index contributed by atoms with van der Waals surface area (Å²) < 4.78 is 0. The van der Waals surface area contributed by atoms with E-state index < -0.39 is 0 Å². The standard InChI is InChI=1S/C10H12O2/c11-8-3-6-10(7-4-8)5-1-2-9(10)12/h3,6H,1-2,4-5,7H2. The van der Waals surface area contributed by atoms with Gasteiger partial charge in [-0.25, -0.2) is 0 Å². The van der Waals surface area contributed by atoms with Gasteiger partial charge in [0.15, 0.2) is 5.78 Å². The summed E-state index contributed by atoms with van der Waals surface area (Å²) in [4.78, 5) is 22.4. The number of ketones is 2. The van der Waals surface area contributed by atoms with Gasteiger partial charge >= 0.3 is 0 Å². The summed E-state index contributed by atoms with van der Waals surface area (Å²) in [5.41, 5.74) is -0.228. The molecule has 0 radical (unpaired) electrons. The predicted molar refractivity (Wildman–Crippen MR) is 44.7 cm³/mol. The largest absolute Gasteiger partial charge is 0.299 e. The molecule has 0 saturated heterocycles. The van der Waals surface area contributed by atoms with Crippen molar-refractivity contribution in [1.29, 1.82) is 0 Å². The maximum absolute atomic E-state index is 11.5. The first-order valence-corrected chi connectivity index (χ1v) is 4.48. The van der Waals surface area contributed by atoms with E-state index in [1.807, 2.05) is 6.08 Å². The van der Waals surface area contributed by atoms with E-state index in [1.165, 1.54) is 0 Å². The number of hydrogen-bond acceptors (Lipinski definition) is 2. The molecule has 1 unspecified atom stereocenters. The quantitative estimate of drug-likeness (QED) is 0.545. The molecule has 0 amide bonds. The fourth-order valence-corrected chi connectivity index (χ4v) is 2.16. The smallest absolute Gasteiger partial charge is 0.155 e. The van der Waals surface area contributed by atoms with Crippen molar-refractivity contribution in [1.82, 2.24) is 0 Å². The zero-order valence-corrected chi connectivity index (χ0v) is 7.01. The van der Waals surface area contributed by atoms with Crippen LogP contribution in [-0.4, -0.2) is 11.6 Å². The zero-order chi connectivity index (χ0) is 8.60. The van der Waals surface area contributed by atoms with Gasteiger partial charge in [0.1, 0.15) is 5.78 Å². The fourth-order valence-electron chi connectivity index (χ4n) is 2.16. The molecule has 64 valence electrons. The molecule has 1 fully saturated rings. The van der Waals surface area contributed by atoms with Crippen LogP contribution in [0.25, 0.3) is 0 Å². The van der Waals surface area contributed by atoms with Gasteiger partial charge in [-0.2, -0.15) is 0 Å². The van der Waals surface area contributed by atoms with Crippen molar-refractivity contribution >= 4 is 11.6 Å². The highest BCUT2D eigenvalue weighted by molar-refractivity contribution is 5.96. The van der Waals surface area contributed by atoms with Gasteiger partial charge in [-0.1, -0.05) is 6.08 Å². The van der Waals surface area contributed by atoms with Crippen molar-refractivity contribution in [2.45, 2.75) is 32.1 Å². The van der Waals surface area contributed by atoms with Crippen molar-refractivity contribution in [3.05, 3.63) is 12.2 Å². The molecule has 2 aliphatic rings. The molecule has 1 spiro atoms. The molecule has 2 aliphatic carbocycles. The first kappa shape index (κ1) is 7.71. The highest BCUT2D eigenvalue weighted by Gasteiger charge is 2.40. The average molecular weight is 164 g/mol. The molecule has 0 bridgehead atoms. The Balaban J connectivity index is 2.27. The van der Waals surface area contributed by atoms with Gasteiger partial charge in [0.05, 0.1) is 0 Å². The Labute approximate surface area is 71.6 Å². The predicted octanol–water partition coefficient (Wildman–Crippen LogP) is 1.64. The average Bonchev–Trinajstić information content (AvgIpc) is 2.41. The second-order valence-corrected chi connectivity index (χ2v) is 3.73. The zero-order valence-electron chi connectivity index (χ0n) is 7.01. The summed E-state index contributed by atoms with van der Waals surface area (Å²) in [7, 11) is 0. The molecular weight excluding hydrogens is 152 g/mol. The highest BCUT2D eigenvalue weighted by Crippen LogP contribution is 2.42. The summed E-state index contributed by atoms with van der Waals surface area (Å²) >= 11 is 0. The molecule has 2 heteroatoms. The van der Waals surface area contributed by atoms with E-state index in [-0.39, 0.29) is 11.2 Å². The normalized spacial score (nSPS) is 35.0. The summed E-state index contributed by atoms with van der Waals surface area (Å²) in [6.45, 7) is 0. The number of hydrogen-bond donors (Lipinski definition) is 0. The molecular formula is C10H12O2. The summed E-state index contributed by atoms with van der Waals surface area (Å²) in [5, 5.41) is 0. The van der Waals surface area contributed by atoms with Crippen LogP contribution >= 0.6 is 0 Å². The van der Waals surface area contributed by atoms with Gasteiger partial charge in [0.25, 0.3) is 0 Å². The summed E-state index contributed by atoms with van der Waals surface area (Å²) in [5.74, 6) is 0.506. The highest BCUT2D eigenvalue weighted by atomic mass is 16.1. The second-order valence-electron chi connectivity index (χ2n) is 3.73. The Morgan fingerprint density at radius 2 is 2.00 bits per heavy atom. The molecule has 0 aromatic heterocycles. The lowest BCUT2D eigenvalue weighted by Gasteiger charge is -2.25. The minimum atomic E-state index is -0.228. The number of allylic oxidation sites excluding steroid dienone is 2. The Bertz CT molecular complexity index is 265. The van der Waals surface area contributed by atoms with Crippen LogP contribution in [-0.2, 0) is 9.59 Å². The second kappa shape index (κ2) is 2.54. The van der Waals surface area contributed by atoms with E-state index in [2.05, 4.69) is 0 Å². The van der Waals surface area contributed by atoms with Gasteiger partial charge in [-0.3, -0.25) is 9.59 Å². The first-order chi connectivity index (χ1) is 5.73. The lowest BCUT2D eigenvalue weighted by Crippen LogP contribution is -2.27. The summed E-state index contributed by atoms with van der Waals surface area (Å²) in [6.07, 6.45) is 7.40. The molecule has 0 N–H and O–H groups in total. The lowest BCUT2D eigenvalue weighted by molar-refractivity contribution is -0.125. The molecule has 0 heterocycles. The Hall–Kier alpha value is -0.920. The topological polar surface area (TPSA) is 34.1 Å². The number of carbonyl (C=O) groups is 2. The van der Waals surface area contributed by atoms with Crippen LogP contribution in [0.4, 0.5) is 0 Å². The third kappa shape index (κ3) is 1.02. The number of Topliss-reactive ketones (excluding diaryl/α,β-unsaturated/α-hetero) is 1. The van der Waals surface area contributed by atoms with Crippen molar-refractivity contribution in [3.8, 4) is 0 Å². The molecule has 1 atom stereocenters. The minimum Gasteiger partial charge on any atom is -0.299 e. The monoisotopic (exact) mass is 164 g/mol. The van der Waals surface area contributed by atoms with Gasteiger partial charge in [0, 0.05) is 18.3 Å². The summed E-state index contributed by atoms with van der Waals surface area (Å²) in [6, 6.07) is 0. The number of rotatable bonds is 0. The van der Waals surface area contributed by atoms with Gasteiger partial charge < -0.3 is 0 Å². The van der Waals surface area contributed by atoms with E-state index in [0.29, 0.717) is 18.6 Å². The van der Waals surface area contributed by atoms with E-state index in [0.717, 1.165) is 19.3 Å². The Morgan fingerprint density at radius 1 is 1.17 bits per heavy atom. The Kier molecular flexibility index (Phi) is 1.63. The van der Waals surface area contributed by atoms with Crippen molar-refractivity contribution < 1.29 is 9.59 Å². The van der Waals surface area contributed by atoms with E-state index in [9.17, 15) is 9.59 Å². The van der Waals surface area contributed by atoms with Crippen LogP contribution in [0.2, 0.25) is 0 Å². The van der Waals surface area contributed by atoms with Gasteiger partial charge in [0.2, 0.25) is 0 Å². The van der Waals surface area contributed by atoms with Crippen LogP contribution in [0.5, 0.6) is 0 Å². The van der Waals surface area contributed by atoms with Crippen molar-refractivity contribution in [2.75, 3.05) is 0 Å². The third-order valence-corrected chi connectivity index (χ3v) is 2.99. The van der Waals surface area contributed by atoms with Crippen LogP contribution < -0.4 is 0 Å². The van der Waals surface area contributed by atoms with Crippen LogP contribution in [0.1, 0.15) is 32.1 Å². The molecule has 0 aromatic carbocycles. The van der Waals surface area contributed by atoms with Crippen molar-refractivity contribution in [3.63, 3.8) is 0 Å². The SMILES string of the molecule is O=C1C=CC2(CCCC2=O)CC1. The van der Waals surface area contributed by atoms with Crippen molar-refractivity contribution in [2.24, 2.45) is 5.41 Å². The van der Waals surface area contributed by atoms with E-state index in [4.69, 9.17) is 0 Å². The molecule has 0 aliphatic heterocycles. The first-order valence-electron chi connectivity index (χ1n) is 4.48. The molecule has 12 heavy (non-hydrogen) atoms. The van der Waals surface area contributed by atoms with Gasteiger partial charge in [-0.15, -0.1) is 0 Å². The van der Waals surface area contributed by atoms with E-state index in [1.54, 1.807) is 6.08 Å². The molecule has 0 aromatic rings. The lowest BCUT2D eigenvalue weighted by atomic mass is 9.77. The fraction of sp³-hybridized carbons (Fsp3) is 0.600. The van der Waals surface area contributed by atoms with Gasteiger partial charge in [-0.05, 0) is 25.3 Å². The van der Waals surface area contributed by atoms with Crippen LogP contribution in [0.3, 0.4) is 0 Å². The third-order valence-electron chi connectivity index (χ3n) is 2.99. The Morgan fingerprint density at radius 3 is 2.50 bits per heavy atom. The minimum absolute atomic E-state index is 0.167. The molecule has 2 nitrogen and oxygen atoms in total. The molecule has 1 saturated carbocycles. The van der Waals surface area contributed by atoms with Crippen LogP contribution in [0, 0.1) is 5.41 Å².